The first-order valence-corrected chi connectivity index (χ1v) is 4.27. The Balaban J connectivity index is 2.34. The number of nitrogens with zero attached hydrogens (tertiary/aromatic N) is 2. The van der Waals surface area contributed by atoms with Gasteiger partial charge in [0.2, 0.25) is 5.90 Å². The molecule has 2 heterocycles. The number of halogens is 3. The van der Waals surface area contributed by atoms with Crippen molar-refractivity contribution in [3.63, 3.8) is 0 Å². The van der Waals surface area contributed by atoms with Gasteiger partial charge in [0.15, 0.2) is 0 Å². The van der Waals surface area contributed by atoms with E-state index in [9.17, 15) is 13.2 Å². The fraction of sp³-hybridized carbons (Fsp3) is 0.333. The second-order valence-corrected chi connectivity index (χ2v) is 3.00. The van der Waals surface area contributed by atoms with Gasteiger partial charge < -0.3 is 4.74 Å². The molecule has 1 aliphatic heterocycles. The first-order chi connectivity index (χ1) is 7.07. The Kier molecular flexibility index (Phi) is 2.34. The topological polar surface area (TPSA) is 34.5 Å². The Hall–Kier alpha value is -1.59. The maximum Gasteiger partial charge on any atom is 0.417 e. The van der Waals surface area contributed by atoms with Gasteiger partial charge in [-0.05, 0) is 6.07 Å². The molecule has 6 heteroatoms. The number of aliphatic imine (C=N–C) groups is 1. The van der Waals surface area contributed by atoms with Gasteiger partial charge in [0, 0.05) is 12.4 Å². The predicted molar refractivity (Wildman–Crippen MR) is 46.6 cm³/mol. The van der Waals surface area contributed by atoms with Crippen LogP contribution >= 0.6 is 0 Å². The van der Waals surface area contributed by atoms with Crippen LogP contribution in [0.4, 0.5) is 13.2 Å². The van der Waals surface area contributed by atoms with Gasteiger partial charge >= 0.3 is 6.18 Å². The molecular formula is C9H7F3N2O. The summed E-state index contributed by atoms with van der Waals surface area (Å²) in [4.78, 5) is 7.43. The number of rotatable bonds is 1. The van der Waals surface area contributed by atoms with E-state index in [0.29, 0.717) is 13.2 Å². The summed E-state index contributed by atoms with van der Waals surface area (Å²) in [6.45, 7) is 0.886. The number of aromatic nitrogens is 1. The summed E-state index contributed by atoms with van der Waals surface area (Å²) < 4.78 is 42.1. The molecule has 0 unspecified atom stereocenters. The minimum Gasteiger partial charge on any atom is -0.475 e. The molecule has 0 spiro atoms. The summed E-state index contributed by atoms with van der Waals surface area (Å²) in [6, 6.07) is 0.983. The van der Waals surface area contributed by atoms with E-state index in [0.717, 1.165) is 12.3 Å². The van der Waals surface area contributed by atoms with Gasteiger partial charge in [0.25, 0.3) is 0 Å². The Labute approximate surface area is 83.6 Å². The summed E-state index contributed by atoms with van der Waals surface area (Å²) in [6.07, 6.45) is -2.30. The number of hydrogen-bond acceptors (Lipinski definition) is 3. The van der Waals surface area contributed by atoms with Crippen molar-refractivity contribution in [2.24, 2.45) is 4.99 Å². The van der Waals surface area contributed by atoms with E-state index in [4.69, 9.17) is 4.74 Å². The molecule has 80 valence electrons. The lowest BCUT2D eigenvalue weighted by molar-refractivity contribution is -0.137. The molecular weight excluding hydrogens is 209 g/mol. The highest BCUT2D eigenvalue weighted by Crippen LogP contribution is 2.29. The van der Waals surface area contributed by atoms with Crippen molar-refractivity contribution >= 4 is 5.90 Å². The molecule has 0 fully saturated rings. The molecule has 0 atom stereocenters. The van der Waals surface area contributed by atoms with E-state index in [1.807, 2.05) is 0 Å². The van der Waals surface area contributed by atoms with Gasteiger partial charge in [-0.1, -0.05) is 0 Å². The van der Waals surface area contributed by atoms with Crippen LogP contribution in [0.3, 0.4) is 0 Å². The van der Waals surface area contributed by atoms with Crippen LogP contribution in [0.5, 0.6) is 0 Å². The van der Waals surface area contributed by atoms with Crippen LogP contribution in [-0.2, 0) is 10.9 Å². The second kappa shape index (κ2) is 3.52. The molecule has 0 radical (unpaired) electrons. The molecule has 2 rings (SSSR count). The van der Waals surface area contributed by atoms with Crippen molar-refractivity contribution in [2.45, 2.75) is 6.18 Å². The summed E-state index contributed by atoms with van der Waals surface area (Å²) >= 11 is 0. The van der Waals surface area contributed by atoms with Crippen LogP contribution in [0.15, 0.2) is 23.5 Å². The minimum absolute atomic E-state index is 0.230. The van der Waals surface area contributed by atoms with Crippen LogP contribution in [0, 0.1) is 0 Å². The zero-order chi connectivity index (χ0) is 10.9. The van der Waals surface area contributed by atoms with Gasteiger partial charge in [-0.3, -0.25) is 4.98 Å². The highest BCUT2D eigenvalue weighted by molar-refractivity contribution is 5.94. The number of hydrogen-bond donors (Lipinski definition) is 0. The first-order valence-electron chi connectivity index (χ1n) is 4.27. The van der Waals surface area contributed by atoms with Crippen LogP contribution in [0.1, 0.15) is 11.1 Å². The van der Waals surface area contributed by atoms with Crippen LogP contribution < -0.4 is 0 Å². The number of ether oxygens (including phenoxy) is 1. The van der Waals surface area contributed by atoms with Crippen molar-refractivity contribution in [2.75, 3.05) is 13.2 Å². The molecule has 0 saturated carbocycles. The SMILES string of the molecule is FC(F)(F)c1cncc(C2=NCCO2)c1. The number of pyridine rings is 1. The van der Waals surface area contributed by atoms with E-state index < -0.39 is 11.7 Å². The van der Waals surface area contributed by atoms with Crippen molar-refractivity contribution in [3.8, 4) is 0 Å². The van der Waals surface area contributed by atoms with E-state index in [2.05, 4.69) is 9.98 Å². The summed E-state index contributed by atoms with van der Waals surface area (Å²) in [5, 5.41) is 0. The van der Waals surface area contributed by atoms with Crippen molar-refractivity contribution in [1.29, 1.82) is 0 Å². The second-order valence-electron chi connectivity index (χ2n) is 3.00. The molecule has 1 aliphatic rings. The first kappa shape index (κ1) is 9.95. The van der Waals surface area contributed by atoms with E-state index >= 15 is 0 Å². The largest absolute Gasteiger partial charge is 0.475 e. The Morgan fingerprint density at radius 2 is 2.07 bits per heavy atom. The summed E-state index contributed by atoms with van der Waals surface area (Å²) in [5.41, 5.74) is -0.527. The lowest BCUT2D eigenvalue weighted by Crippen LogP contribution is -2.09. The monoisotopic (exact) mass is 216 g/mol. The minimum atomic E-state index is -4.39. The molecule has 1 aromatic heterocycles. The molecule has 0 saturated heterocycles. The molecule has 0 aliphatic carbocycles. The average Bonchev–Trinajstić information content (AvgIpc) is 2.69. The highest BCUT2D eigenvalue weighted by Gasteiger charge is 2.31. The lowest BCUT2D eigenvalue weighted by atomic mass is 10.2. The molecule has 0 bridgehead atoms. The van der Waals surface area contributed by atoms with Crippen molar-refractivity contribution < 1.29 is 17.9 Å². The normalized spacial score (nSPS) is 16.1. The number of alkyl halides is 3. The molecule has 1 aromatic rings. The maximum atomic E-state index is 12.3. The van der Waals surface area contributed by atoms with Crippen molar-refractivity contribution in [1.82, 2.24) is 4.98 Å². The third kappa shape index (κ3) is 2.08. The maximum absolute atomic E-state index is 12.3. The molecule has 0 N–H and O–H groups in total. The third-order valence-electron chi connectivity index (χ3n) is 1.90. The lowest BCUT2D eigenvalue weighted by Gasteiger charge is -2.07. The summed E-state index contributed by atoms with van der Waals surface area (Å²) in [7, 11) is 0. The van der Waals surface area contributed by atoms with Gasteiger partial charge in [-0.15, -0.1) is 0 Å². The molecule has 3 nitrogen and oxygen atoms in total. The van der Waals surface area contributed by atoms with E-state index in [1.165, 1.54) is 6.20 Å². The summed E-state index contributed by atoms with van der Waals surface area (Å²) in [5.74, 6) is 0.230. The Bertz CT molecular complexity index is 401. The van der Waals surface area contributed by atoms with Gasteiger partial charge in [-0.25, -0.2) is 4.99 Å². The van der Waals surface area contributed by atoms with Gasteiger partial charge in [0.1, 0.15) is 6.61 Å². The predicted octanol–water partition coefficient (Wildman–Crippen LogP) is 1.88. The Morgan fingerprint density at radius 1 is 1.27 bits per heavy atom. The van der Waals surface area contributed by atoms with Gasteiger partial charge in [-0.2, -0.15) is 13.2 Å². The van der Waals surface area contributed by atoms with Crippen molar-refractivity contribution in [3.05, 3.63) is 29.6 Å². The third-order valence-corrected chi connectivity index (χ3v) is 1.90. The van der Waals surface area contributed by atoms with Crippen LogP contribution in [-0.4, -0.2) is 24.0 Å². The Morgan fingerprint density at radius 3 is 2.67 bits per heavy atom. The zero-order valence-corrected chi connectivity index (χ0v) is 7.58. The zero-order valence-electron chi connectivity index (χ0n) is 7.58. The average molecular weight is 216 g/mol. The standard InChI is InChI=1S/C9H7F3N2O/c10-9(11,12)7-3-6(4-13-5-7)8-14-1-2-15-8/h3-5H,1-2H2. The quantitative estimate of drug-likeness (QED) is 0.718. The fourth-order valence-corrected chi connectivity index (χ4v) is 1.22. The highest BCUT2D eigenvalue weighted by atomic mass is 19.4. The van der Waals surface area contributed by atoms with Gasteiger partial charge in [0.05, 0.1) is 17.7 Å². The molecule has 0 aromatic carbocycles. The fourth-order valence-electron chi connectivity index (χ4n) is 1.22. The van der Waals surface area contributed by atoms with Crippen LogP contribution in [0.2, 0.25) is 0 Å². The van der Waals surface area contributed by atoms with E-state index in [1.54, 1.807) is 0 Å². The molecule has 0 amide bonds. The van der Waals surface area contributed by atoms with E-state index in [-0.39, 0.29) is 11.5 Å². The smallest absolute Gasteiger partial charge is 0.417 e. The van der Waals surface area contributed by atoms with Crippen LogP contribution in [0.25, 0.3) is 0 Å². The molecule has 15 heavy (non-hydrogen) atoms.